The molecule has 1 aromatic heterocycles. The molecular formula is C29H33N3O3. The van der Waals surface area contributed by atoms with E-state index in [2.05, 4.69) is 36.2 Å². The van der Waals surface area contributed by atoms with Crippen LogP contribution < -0.4 is 5.56 Å². The number of benzene rings is 2. The van der Waals surface area contributed by atoms with E-state index in [0.29, 0.717) is 25.3 Å². The summed E-state index contributed by atoms with van der Waals surface area (Å²) in [6.07, 6.45) is 6.00. The highest BCUT2D eigenvalue weighted by Gasteiger charge is 2.34. The zero-order valence-corrected chi connectivity index (χ0v) is 20.3. The molecule has 1 saturated heterocycles. The number of carbonyl (C=O) groups excluding carboxylic acids is 1. The molecule has 1 fully saturated rings. The molecule has 182 valence electrons. The van der Waals surface area contributed by atoms with Gasteiger partial charge in [-0.1, -0.05) is 67.9 Å². The van der Waals surface area contributed by atoms with E-state index in [0.717, 1.165) is 44.1 Å². The van der Waals surface area contributed by atoms with Crippen molar-refractivity contribution in [2.45, 2.75) is 63.8 Å². The molecule has 0 radical (unpaired) electrons. The van der Waals surface area contributed by atoms with Gasteiger partial charge in [-0.25, -0.2) is 0 Å². The average molecular weight is 472 g/mol. The third kappa shape index (κ3) is 4.49. The van der Waals surface area contributed by atoms with Crippen LogP contribution in [-0.4, -0.2) is 38.6 Å². The van der Waals surface area contributed by atoms with Crippen molar-refractivity contribution in [2.24, 2.45) is 0 Å². The quantitative estimate of drug-likeness (QED) is 0.558. The number of amides is 1. The topological polar surface area (TPSA) is 75.4 Å². The van der Waals surface area contributed by atoms with Crippen molar-refractivity contribution in [1.82, 2.24) is 14.5 Å². The summed E-state index contributed by atoms with van der Waals surface area (Å²) >= 11 is 0. The maximum Gasteiger partial charge on any atom is 0.270 e. The Hall–Kier alpha value is -3.41. The fourth-order valence-electron chi connectivity index (χ4n) is 5.68. The summed E-state index contributed by atoms with van der Waals surface area (Å²) < 4.78 is 1.71. The lowest BCUT2D eigenvalue weighted by Crippen LogP contribution is -2.39. The first-order valence-electron chi connectivity index (χ1n) is 12.8. The van der Waals surface area contributed by atoms with Crippen molar-refractivity contribution in [1.29, 1.82) is 0 Å². The van der Waals surface area contributed by atoms with Crippen LogP contribution in [0.3, 0.4) is 0 Å². The third-order valence-electron chi connectivity index (χ3n) is 7.53. The first kappa shape index (κ1) is 23.3. The van der Waals surface area contributed by atoms with Gasteiger partial charge < -0.3 is 10.0 Å². The predicted octanol–water partition coefficient (Wildman–Crippen LogP) is 4.85. The van der Waals surface area contributed by atoms with Crippen molar-refractivity contribution in [3.63, 3.8) is 0 Å². The lowest BCUT2D eigenvalue weighted by Gasteiger charge is -2.29. The maximum absolute atomic E-state index is 13.9. The lowest BCUT2D eigenvalue weighted by atomic mass is 9.87. The molecule has 35 heavy (non-hydrogen) atoms. The average Bonchev–Trinajstić information content (AvgIpc) is 3.38. The summed E-state index contributed by atoms with van der Waals surface area (Å²) in [5, 5.41) is 10.8. The second-order valence-corrected chi connectivity index (χ2v) is 9.76. The number of aromatic hydroxyl groups is 1. The zero-order valence-electron chi connectivity index (χ0n) is 20.3. The highest BCUT2D eigenvalue weighted by molar-refractivity contribution is 5.96. The number of unbranched alkanes of at least 4 members (excludes halogenated alkanes) is 1. The number of hydrogen-bond donors (Lipinski definition) is 1. The van der Waals surface area contributed by atoms with E-state index in [9.17, 15) is 14.7 Å². The largest absolute Gasteiger partial charge is 0.493 e. The smallest absolute Gasteiger partial charge is 0.270 e. The summed E-state index contributed by atoms with van der Waals surface area (Å²) in [7, 11) is 0. The first-order valence-corrected chi connectivity index (χ1v) is 12.8. The van der Waals surface area contributed by atoms with Crippen LogP contribution in [-0.2, 0) is 12.8 Å². The first-order chi connectivity index (χ1) is 17.1. The van der Waals surface area contributed by atoms with Crippen molar-refractivity contribution in [3.05, 3.63) is 93.0 Å². The molecule has 5 rings (SSSR count). The molecule has 1 aliphatic heterocycles. The molecular weight excluding hydrogens is 438 g/mol. The van der Waals surface area contributed by atoms with Gasteiger partial charge in [-0.05, 0) is 48.8 Å². The van der Waals surface area contributed by atoms with E-state index in [1.807, 2.05) is 30.3 Å². The van der Waals surface area contributed by atoms with Crippen LogP contribution in [0.4, 0.5) is 0 Å². The van der Waals surface area contributed by atoms with Gasteiger partial charge in [0.1, 0.15) is 5.82 Å². The van der Waals surface area contributed by atoms with E-state index >= 15 is 0 Å². The van der Waals surface area contributed by atoms with Crippen LogP contribution >= 0.6 is 0 Å². The number of rotatable bonds is 6. The van der Waals surface area contributed by atoms with Crippen LogP contribution in [0.2, 0.25) is 0 Å². The molecule has 1 aliphatic carbocycles. The Morgan fingerprint density at radius 2 is 1.86 bits per heavy atom. The number of nitrogens with zero attached hydrogens (tertiary/aromatic N) is 3. The van der Waals surface area contributed by atoms with Crippen LogP contribution in [0.5, 0.6) is 5.88 Å². The Morgan fingerprint density at radius 1 is 1.09 bits per heavy atom. The fraction of sp³-hybridized carbons (Fsp3) is 0.414. The molecule has 1 N–H and O–H groups in total. The third-order valence-corrected chi connectivity index (χ3v) is 7.53. The molecule has 2 aliphatic rings. The highest BCUT2D eigenvalue weighted by atomic mass is 16.3. The van der Waals surface area contributed by atoms with Gasteiger partial charge in [-0.15, -0.1) is 0 Å². The second-order valence-electron chi connectivity index (χ2n) is 9.76. The number of likely N-dealkylation sites (tertiary alicyclic amines) is 1. The summed E-state index contributed by atoms with van der Waals surface area (Å²) in [6, 6.07) is 18.2. The van der Waals surface area contributed by atoms with Crippen molar-refractivity contribution < 1.29 is 9.90 Å². The van der Waals surface area contributed by atoms with Gasteiger partial charge in [0.25, 0.3) is 11.5 Å². The summed E-state index contributed by atoms with van der Waals surface area (Å²) in [5.41, 5.74) is 2.94. The van der Waals surface area contributed by atoms with Gasteiger partial charge in [0.05, 0.1) is 6.04 Å². The number of hydrogen-bond acceptors (Lipinski definition) is 4. The minimum Gasteiger partial charge on any atom is -0.493 e. The second kappa shape index (κ2) is 10.1. The monoisotopic (exact) mass is 471 g/mol. The van der Waals surface area contributed by atoms with Gasteiger partial charge >= 0.3 is 0 Å². The molecule has 0 unspecified atom stereocenters. The van der Waals surface area contributed by atoms with E-state index in [-0.39, 0.29) is 17.5 Å². The van der Waals surface area contributed by atoms with Gasteiger partial charge in [0.2, 0.25) is 5.88 Å². The molecule has 0 saturated carbocycles. The van der Waals surface area contributed by atoms with Crippen molar-refractivity contribution in [2.75, 3.05) is 13.1 Å². The minimum absolute atomic E-state index is 0.172. The molecule has 6 heteroatoms. The van der Waals surface area contributed by atoms with E-state index in [4.69, 9.17) is 0 Å². The van der Waals surface area contributed by atoms with Crippen LogP contribution in [0.1, 0.15) is 83.9 Å². The summed E-state index contributed by atoms with van der Waals surface area (Å²) in [4.78, 5) is 33.7. The van der Waals surface area contributed by atoms with Gasteiger partial charge in [0.15, 0.2) is 5.56 Å². The Bertz CT molecular complexity index is 1270. The lowest BCUT2D eigenvalue weighted by molar-refractivity contribution is 0.0783. The number of fused-ring (bicyclic) bond motifs is 1. The molecule has 6 nitrogen and oxygen atoms in total. The molecule has 2 aromatic carbocycles. The van der Waals surface area contributed by atoms with E-state index in [1.165, 1.54) is 11.1 Å². The Balaban J connectivity index is 1.53. The predicted molar refractivity (Wildman–Crippen MR) is 136 cm³/mol. The van der Waals surface area contributed by atoms with Gasteiger partial charge in [0, 0.05) is 25.4 Å². The number of aromatic nitrogens is 2. The normalized spacial score (nSPS) is 19.5. The summed E-state index contributed by atoms with van der Waals surface area (Å²) in [5.74, 6) is -0.0596. The van der Waals surface area contributed by atoms with Crippen LogP contribution in [0.15, 0.2) is 59.4 Å². The molecule has 0 spiro atoms. The summed E-state index contributed by atoms with van der Waals surface area (Å²) in [6.45, 7) is 3.18. The Morgan fingerprint density at radius 3 is 2.66 bits per heavy atom. The molecule has 1 amide bonds. The maximum atomic E-state index is 13.9. The van der Waals surface area contributed by atoms with Crippen LogP contribution in [0, 0.1) is 0 Å². The zero-order chi connectivity index (χ0) is 24.4. The molecule has 2 heterocycles. The fourth-order valence-corrected chi connectivity index (χ4v) is 5.68. The van der Waals surface area contributed by atoms with E-state index in [1.54, 1.807) is 9.47 Å². The van der Waals surface area contributed by atoms with E-state index < -0.39 is 17.3 Å². The van der Waals surface area contributed by atoms with Crippen molar-refractivity contribution in [3.8, 4) is 5.88 Å². The SMILES string of the molecule is CCCCc1nc(O)c(C(=O)N2CC[C@H](c3ccccc3)C2)c(=O)n1[C@H]1CCCc2ccccc21. The standard InChI is InChI=1S/C29H33N3O3/c1-2-3-16-25-30-27(33)26(28(34)31-18-17-22(19-31)20-10-5-4-6-11-20)29(35)32(25)24-15-9-13-21-12-7-8-14-23(21)24/h4-8,10-12,14,22,24,33H,2-3,9,13,15-19H2,1H3/t22-,24-/m0/s1. The molecule has 3 aromatic rings. The minimum atomic E-state index is -0.436. The molecule has 2 atom stereocenters. The molecule has 0 bridgehead atoms. The van der Waals surface area contributed by atoms with Gasteiger partial charge in [-0.2, -0.15) is 4.98 Å². The van der Waals surface area contributed by atoms with Crippen molar-refractivity contribution >= 4 is 5.91 Å². The Labute approximate surface area is 206 Å². The number of carbonyl (C=O) groups is 1. The van der Waals surface area contributed by atoms with Crippen LogP contribution in [0.25, 0.3) is 0 Å². The highest BCUT2D eigenvalue weighted by Crippen LogP contribution is 2.34. The number of aryl methyl sites for hydroxylation is 2. The Kier molecular flexibility index (Phi) is 6.71. The van der Waals surface area contributed by atoms with Gasteiger partial charge in [-0.3, -0.25) is 14.2 Å².